The Kier molecular flexibility index (Phi) is 7.40. The van der Waals surface area contributed by atoms with Crippen molar-refractivity contribution in [3.05, 3.63) is 95.0 Å². The maximum atomic E-state index is 12.5. The van der Waals surface area contributed by atoms with Gasteiger partial charge in [-0.05, 0) is 61.6 Å². The van der Waals surface area contributed by atoms with Crippen LogP contribution < -0.4 is 10.6 Å². The summed E-state index contributed by atoms with van der Waals surface area (Å²) >= 11 is 0. The number of carbonyl (C=O) groups is 1. The third-order valence-corrected chi connectivity index (χ3v) is 6.15. The SMILES string of the molecule is CCC1Cc2c(Nc3ccc(C(=O)NCCCc4ccccc4)cc3)ccnc2C=C1OC. The van der Waals surface area contributed by atoms with Crippen molar-refractivity contribution in [3.8, 4) is 0 Å². The van der Waals surface area contributed by atoms with Gasteiger partial charge in [0.05, 0.1) is 12.8 Å². The predicted molar refractivity (Wildman–Crippen MR) is 134 cm³/mol. The molecule has 5 heteroatoms. The third-order valence-electron chi connectivity index (χ3n) is 6.15. The normalized spacial score (nSPS) is 14.7. The summed E-state index contributed by atoms with van der Waals surface area (Å²) in [6.07, 6.45) is 7.65. The van der Waals surface area contributed by atoms with Gasteiger partial charge >= 0.3 is 0 Å². The van der Waals surface area contributed by atoms with E-state index in [0.29, 0.717) is 18.0 Å². The molecule has 2 aromatic carbocycles. The second-order valence-corrected chi connectivity index (χ2v) is 8.33. The lowest BCUT2D eigenvalue weighted by atomic mass is 9.88. The molecule has 5 nitrogen and oxygen atoms in total. The number of anilines is 2. The van der Waals surface area contributed by atoms with Gasteiger partial charge in [0.2, 0.25) is 0 Å². The number of aryl methyl sites for hydroxylation is 1. The molecule has 0 aliphatic heterocycles. The average molecular weight is 442 g/mol. The van der Waals surface area contributed by atoms with E-state index in [1.54, 1.807) is 7.11 Å². The van der Waals surface area contributed by atoms with Gasteiger partial charge in [-0.25, -0.2) is 0 Å². The monoisotopic (exact) mass is 441 g/mol. The van der Waals surface area contributed by atoms with Crippen LogP contribution in [-0.4, -0.2) is 24.5 Å². The molecule has 33 heavy (non-hydrogen) atoms. The summed E-state index contributed by atoms with van der Waals surface area (Å²) in [7, 11) is 1.72. The van der Waals surface area contributed by atoms with Crippen LogP contribution in [0.5, 0.6) is 0 Å². The second kappa shape index (κ2) is 10.8. The van der Waals surface area contributed by atoms with Gasteiger partial charge in [-0.15, -0.1) is 0 Å². The second-order valence-electron chi connectivity index (χ2n) is 8.33. The predicted octanol–water partition coefficient (Wildman–Crippen LogP) is 5.76. The molecule has 0 saturated heterocycles. The molecule has 1 aromatic heterocycles. The molecule has 0 radical (unpaired) electrons. The molecule has 4 rings (SSSR count). The minimum absolute atomic E-state index is 0.0427. The van der Waals surface area contributed by atoms with E-state index in [4.69, 9.17) is 4.74 Å². The number of pyridine rings is 1. The molecular weight excluding hydrogens is 410 g/mol. The quantitative estimate of drug-likeness (QED) is 0.415. The van der Waals surface area contributed by atoms with Gasteiger partial charge < -0.3 is 15.4 Å². The highest BCUT2D eigenvalue weighted by molar-refractivity contribution is 5.94. The first-order valence-corrected chi connectivity index (χ1v) is 11.6. The number of amides is 1. The molecule has 1 unspecified atom stereocenters. The highest BCUT2D eigenvalue weighted by atomic mass is 16.5. The number of nitrogens with zero attached hydrogens (tertiary/aromatic N) is 1. The molecule has 1 aliphatic rings. The Labute approximate surface area is 195 Å². The number of hydrogen-bond acceptors (Lipinski definition) is 4. The molecule has 1 aliphatic carbocycles. The molecule has 1 heterocycles. The van der Waals surface area contributed by atoms with E-state index in [9.17, 15) is 4.79 Å². The Morgan fingerprint density at radius 1 is 1.09 bits per heavy atom. The minimum atomic E-state index is -0.0427. The number of methoxy groups -OCH3 is 1. The van der Waals surface area contributed by atoms with Gasteiger partial charge in [-0.3, -0.25) is 9.78 Å². The number of hydrogen-bond donors (Lipinski definition) is 2. The van der Waals surface area contributed by atoms with E-state index in [2.05, 4.69) is 34.7 Å². The zero-order valence-electron chi connectivity index (χ0n) is 19.3. The molecule has 1 amide bonds. The van der Waals surface area contributed by atoms with Gasteiger partial charge in [0.1, 0.15) is 5.76 Å². The number of benzene rings is 2. The number of allylic oxidation sites excluding steroid dienone is 1. The van der Waals surface area contributed by atoms with E-state index in [1.807, 2.05) is 60.8 Å². The fourth-order valence-electron chi connectivity index (χ4n) is 4.24. The first-order chi connectivity index (χ1) is 16.2. The Bertz CT molecular complexity index is 1110. The number of rotatable bonds is 9. The summed E-state index contributed by atoms with van der Waals surface area (Å²) in [5.74, 6) is 1.31. The van der Waals surface area contributed by atoms with Gasteiger partial charge in [0.15, 0.2) is 0 Å². The van der Waals surface area contributed by atoms with Crippen LogP contribution in [0.4, 0.5) is 11.4 Å². The summed E-state index contributed by atoms with van der Waals surface area (Å²) in [6.45, 7) is 2.84. The highest BCUT2D eigenvalue weighted by Gasteiger charge is 2.23. The van der Waals surface area contributed by atoms with Crippen LogP contribution in [0, 0.1) is 5.92 Å². The molecule has 0 bridgehead atoms. The smallest absolute Gasteiger partial charge is 0.251 e. The maximum absolute atomic E-state index is 12.5. The summed E-state index contributed by atoms with van der Waals surface area (Å²) < 4.78 is 5.57. The van der Waals surface area contributed by atoms with Crippen LogP contribution in [0.2, 0.25) is 0 Å². The number of aromatic nitrogens is 1. The van der Waals surface area contributed by atoms with Gasteiger partial charge in [0, 0.05) is 47.2 Å². The average Bonchev–Trinajstić information content (AvgIpc) is 2.87. The first kappa shape index (κ1) is 22.6. The Balaban J connectivity index is 1.35. The molecule has 1 atom stereocenters. The van der Waals surface area contributed by atoms with E-state index < -0.39 is 0 Å². The molecule has 0 saturated carbocycles. The maximum Gasteiger partial charge on any atom is 0.251 e. The van der Waals surface area contributed by atoms with Crippen LogP contribution in [0.25, 0.3) is 6.08 Å². The largest absolute Gasteiger partial charge is 0.501 e. The lowest BCUT2D eigenvalue weighted by Crippen LogP contribution is -2.24. The summed E-state index contributed by atoms with van der Waals surface area (Å²) in [6, 6.07) is 20.0. The van der Waals surface area contributed by atoms with Crippen molar-refractivity contribution < 1.29 is 9.53 Å². The first-order valence-electron chi connectivity index (χ1n) is 11.6. The lowest BCUT2D eigenvalue weighted by Gasteiger charge is -2.25. The Morgan fingerprint density at radius 2 is 1.88 bits per heavy atom. The summed E-state index contributed by atoms with van der Waals surface area (Å²) in [4.78, 5) is 17.0. The number of carbonyl (C=O) groups excluding carboxylic acids is 1. The van der Waals surface area contributed by atoms with Crippen molar-refractivity contribution in [1.29, 1.82) is 0 Å². The zero-order valence-corrected chi connectivity index (χ0v) is 19.3. The molecule has 0 spiro atoms. The van der Waals surface area contributed by atoms with E-state index in [0.717, 1.165) is 48.5 Å². The third kappa shape index (κ3) is 5.61. The standard InChI is InChI=1S/C28H31N3O2/c1-3-21-18-24-25(15-17-29-26(24)19-27(21)33-2)31-23-13-11-22(12-14-23)28(32)30-16-7-10-20-8-5-4-6-9-20/h4-6,8-9,11-15,17,19,21H,3,7,10,16,18H2,1-2H3,(H,29,31)(H,30,32). The van der Waals surface area contributed by atoms with E-state index in [-0.39, 0.29) is 5.91 Å². The Hall–Kier alpha value is -3.60. The summed E-state index contributed by atoms with van der Waals surface area (Å²) in [5, 5.41) is 6.52. The molecule has 3 aromatic rings. The van der Waals surface area contributed by atoms with Crippen molar-refractivity contribution in [2.75, 3.05) is 19.0 Å². The van der Waals surface area contributed by atoms with E-state index >= 15 is 0 Å². The van der Waals surface area contributed by atoms with Gasteiger partial charge in [-0.1, -0.05) is 37.3 Å². The summed E-state index contributed by atoms with van der Waals surface area (Å²) in [5.41, 5.74) is 6.09. The topological polar surface area (TPSA) is 63.2 Å². The fourth-order valence-corrected chi connectivity index (χ4v) is 4.24. The van der Waals surface area contributed by atoms with Crippen molar-refractivity contribution in [2.45, 2.75) is 32.6 Å². The lowest BCUT2D eigenvalue weighted by molar-refractivity contribution is 0.0953. The van der Waals surface area contributed by atoms with Crippen LogP contribution in [-0.2, 0) is 17.6 Å². The van der Waals surface area contributed by atoms with Crippen LogP contribution in [0.3, 0.4) is 0 Å². The van der Waals surface area contributed by atoms with Gasteiger partial charge in [0.25, 0.3) is 5.91 Å². The molecule has 170 valence electrons. The van der Waals surface area contributed by atoms with Crippen LogP contribution in [0.1, 0.15) is 46.9 Å². The fraction of sp³-hybridized carbons (Fsp3) is 0.286. The highest BCUT2D eigenvalue weighted by Crippen LogP contribution is 2.34. The Morgan fingerprint density at radius 3 is 2.61 bits per heavy atom. The van der Waals surface area contributed by atoms with Crippen molar-refractivity contribution in [1.82, 2.24) is 10.3 Å². The van der Waals surface area contributed by atoms with E-state index in [1.165, 1.54) is 11.1 Å². The van der Waals surface area contributed by atoms with Crippen molar-refractivity contribution in [2.24, 2.45) is 5.92 Å². The van der Waals surface area contributed by atoms with Crippen molar-refractivity contribution in [3.63, 3.8) is 0 Å². The van der Waals surface area contributed by atoms with Crippen LogP contribution >= 0.6 is 0 Å². The number of nitrogens with one attached hydrogen (secondary N) is 2. The number of fused-ring (bicyclic) bond motifs is 1. The van der Waals surface area contributed by atoms with Gasteiger partial charge in [-0.2, -0.15) is 0 Å². The molecule has 0 fully saturated rings. The molecule has 2 N–H and O–H groups in total. The minimum Gasteiger partial charge on any atom is -0.501 e. The van der Waals surface area contributed by atoms with Crippen molar-refractivity contribution >= 4 is 23.4 Å². The van der Waals surface area contributed by atoms with Crippen LogP contribution in [0.15, 0.2) is 72.6 Å². The zero-order chi connectivity index (χ0) is 23.0. The molecular formula is C28H31N3O2. The number of ether oxygens (including phenoxy) is 1.